The van der Waals surface area contributed by atoms with Crippen LogP contribution in [-0.4, -0.2) is 24.9 Å². The monoisotopic (exact) mass is 324 g/mol. The Morgan fingerprint density at radius 3 is 2.62 bits per heavy atom. The van der Waals surface area contributed by atoms with Crippen molar-refractivity contribution < 1.29 is 9.84 Å². The van der Waals surface area contributed by atoms with Crippen molar-refractivity contribution in [1.29, 1.82) is 0 Å². The molecule has 0 amide bonds. The molecule has 111 valence electrons. The number of rotatable bonds is 7. The van der Waals surface area contributed by atoms with E-state index in [0.717, 1.165) is 17.7 Å². The maximum absolute atomic E-state index is 8.66. The van der Waals surface area contributed by atoms with Crippen LogP contribution in [0.1, 0.15) is 5.56 Å². The molecule has 0 bridgehead atoms. The van der Waals surface area contributed by atoms with Crippen LogP contribution >= 0.6 is 23.2 Å². The van der Waals surface area contributed by atoms with Gasteiger partial charge in [0.1, 0.15) is 0 Å². The topological polar surface area (TPSA) is 41.5 Å². The van der Waals surface area contributed by atoms with Crippen LogP contribution in [0.3, 0.4) is 0 Å². The lowest BCUT2D eigenvalue weighted by atomic mass is 10.1. The summed E-state index contributed by atoms with van der Waals surface area (Å²) in [7, 11) is 0. The predicted octanol–water partition coefficient (Wildman–Crippen LogP) is 4.09. The highest BCUT2D eigenvalue weighted by molar-refractivity contribution is 6.39. The molecule has 2 aromatic rings. The summed E-state index contributed by atoms with van der Waals surface area (Å²) in [6.07, 6.45) is 0.764. The molecule has 2 rings (SSSR count). The number of nitrogens with one attached hydrogen (secondary N) is 1. The molecule has 21 heavy (non-hydrogen) atoms. The highest BCUT2D eigenvalue weighted by Crippen LogP contribution is 2.32. The molecule has 0 saturated heterocycles. The Kier molecular flexibility index (Phi) is 6.33. The zero-order valence-corrected chi connectivity index (χ0v) is 12.9. The summed E-state index contributed by atoms with van der Waals surface area (Å²) in [6, 6.07) is 14.3. The second kappa shape index (κ2) is 8.25. The molecule has 0 unspecified atom stereocenters. The number of para-hydroxylation sites is 1. The molecule has 0 atom stereocenters. The second-order valence-corrected chi connectivity index (χ2v) is 5.23. The standard InChI is InChI=1S/C16H16Cl2NO2/c17-14-5-2-6-15(18)16(14)19-13-4-1-3-12(11-13)7-9-21-10-8-20/h1-3,5-6,11,19-20H,7-10H2. The van der Waals surface area contributed by atoms with Crippen molar-refractivity contribution >= 4 is 34.6 Å². The summed E-state index contributed by atoms with van der Waals surface area (Å²) in [6.45, 7) is 0.969. The highest BCUT2D eigenvalue weighted by Gasteiger charge is 2.06. The van der Waals surface area contributed by atoms with E-state index < -0.39 is 0 Å². The van der Waals surface area contributed by atoms with Gasteiger partial charge in [0.2, 0.25) is 0 Å². The fraction of sp³-hybridized carbons (Fsp3) is 0.250. The highest BCUT2D eigenvalue weighted by atomic mass is 35.5. The fourth-order valence-corrected chi connectivity index (χ4v) is 2.34. The molecular formula is C16H16Cl2NO2. The van der Waals surface area contributed by atoms with Gasteiger partial charge < -0.3 is 15.2 Å². The van der Waals surface area contributed by atoms with E-state index in [4.69, 9.17) is 33.0 Å². The lowest BCUT2D eigenvalue weighted by Crippen LogP contribution is -2.03. The first-order valence-electron chi connectivity index (χ1n) is 6.61. The van der Waals surface area contributed by atoms with Gasteiger partial charge in [0.15, 0.2) is 0 Å². The molecule has 0 aromatic heterocycles. The van der Waals surface area contributed by atoms with E-state index in [2.05, 4.69) is 11.4 Å². The molecule has 1 radical (unpaired) electrons. The largest absolute Gasteiger partial charge is 0.394 e. The van der Waals surface area contributed by atoms with Crippen LogP contribution in [-0.2, 0) is 11.2 Å². The molecule has 2 N–H and O–H groups in total. The molecule has 0 heterocycles. The van der Waals surface area contributed by atoms with Crippen LogP contribution in [0.4, 0.5) is 11.4 Å². The molecule has 0 aliphatic carbocycles. The van der Waals surface area contributed by atoms with Crippen molar-refractivity contribution in [2.45, 2.75) is 6.42 Å². The van der Waals surface area contributed by atoms with E-state index in [1.165, 1.54) is 0 Å². The first-order chi connectivity index (χ1) is 10.2. The average molecular weight is 325 g/mol. The summed E-state index contributed by atoms with van der Waals surface area (Å²) in [5, 5.41) is 13.0. The van der Waals surface area contributed by atoms with Crippen molar-refractivity contribution in [1.82, 2.24) is 0 Å². The number of hydrogen-bond donors (Lipinski definition) is 2. The van der Waals surface area contributed by atoms with Crippen LogP contribution in [0, 0.1) is 6.07 Å². The molecule has 0 aliphatic rings. The third kappa shape index (κ3) is 4.90. The normalized spacial score (nSPS) is 10.6. The van der Waals surface area contributed by atoms with Gasteiger partial charge in [-0.05, 0) is 30.2 Å². The molecule has 2 aromatic carbocycles. The maximum atomic E-state index is 8.66. The smallest absolute Gasteiger partial charge is 0.0763 e. The van der Waals surface area contributed by atoms with E-state index in [1.54, 1.807) is 18.2 Å². The Bertz CT molecular complexity index is 570. The second-order valence-electron chi connectivity index (χ2n) is 4.42. The molecule has 5 heteroatoms. The van der Waals surface area contributed by atoms with Gasteiger partial charge in [0.25, 0.3) is 0 Å². The van der Waals surface area contributed by atoms with Gasteiger partial charge in [-0.25, -0.2) is 0 Å². The van der Waals surface area contributed by atoms with Gasteiger partial charge in [-0.2, -0.15) is 0 Å². The van der Waals surface area contributed by atoms with Gasteiger partial charge in [0.05, 0.1) is 35.6 Å². The Morgan fingerprint density at radius 1 is 1.14 bits per heavy atom. The van der Waals surface area contributed by atoms with Crippen molar-refractivity contribution in [2.24, 2.45) is 0 Å². The van der Waals surface area contributed by atoms with Crippen LogP contribution in [0.25, 0.3) is 0 Å². The molecule has 0 spiro atoms. The first kappa shape index (κ1) is 16.1. The molecule has 0 aliphatic heterocycles. The average Bonchev–Trinajstić information content (AvgIpc) is 2.48. The Balaban J connectivity index is 2.04. The van der Waals surface area contributed by atoms with Crippen LogP contribution in [0.15, 0.2) is 36.4 Å². The van der Waals surface area contributed by atoms with E-state index in [0.29, 0.717) is 28.9 Å². The van der Waals surface area contributed by atoms with Gasteiger partial charge in [-0.15, -0.1) is 0 Å². The van der Waals surface area contributed by atoms with Crippen molar-refractivity contribution in [3.8, 4) is 0 Å². The summed E-state index contributed by atoms with van der Waals surface area (Å²) < 4.78 is 5.26. The van der Waals surface area contributed by atoms with Crippen molar-refractivity contribution in [2.75, 3.05) is 25.1 Å². The fourth-order valence-electron chi connectivity index (χ4n) is 1.85. The van der Waals surface area contributed by atoms with Gasteiger partial charge in [0, 0.05) is 11.8 Å². The zero-order valence-electron chi connectivity index (χ0n) is 11.4. The number of aliphatic hydroxyl groups excluding tert-OH is 1. The third-order valence-electron chi connectivity index (χ3n) is 2.86. The van der Waals surface area contributed by atoms with Gasteiger partial charge >= 0.3 is 0 Å². The summed E-state index contributed by atoms with van der Waals surface area (Å²) in [5.41, 5.74) is 2.58. The van der Waals surface area contributed by atoms with Crippen LogP contribution in [0.2, 0.25) is 10.0 Å². The Labute approximate surface area is 134 Å². The molecular weight excluding hydrogens is 309 g/mol. The molecule has 3 nitrogen and oxygen atoms in total. The minimum atomic E-state index is 0.0420. The maximum Gasteiger partial charge on any atom is 0.0763 e. The van der Waals surface area contributed by atoms with Gasteiger partial charge in [-0.1, -0.05) is 41.4 Å². The summed E-state index contributed by atoms with van der Waals surface area (Å²) in [4.78, 5) is 0. The molecule has 0 fully saturated rings. The van der Waals surface area contributed by atoms with Crippen LogP contribution < -0.4 is 5.32 Å². The Hall–Kier alpha value is -1.26. The van der Waals surface area contributed by atoms with Crippen LogP contribution in [0.5, 0.6) is 0 Å². The van der Waals surface area contributed by atoms with Crippen molar-refractivity contribution in [3.05, 3.63) is 58.1 Å². The van der Waals surface area contributed by atoms with E-state index in [1.807, 2.05) is 18.2 Å². The summed E-state index contributed by atoms with van der Waals surface area (Å²) >= 11 is 12.3. The SMILES string of the molecule is OCCOCCc1cc[c]c(Nc2c(Cl)cccc2Cl)c1. The molecule has 0 saturated carbocycles. The van der Waals surface area contributed by atoms with E-state index >= 15 is 0 Å². The quantitative estimate of drug-likeness (QED) is 0.754. The number of hydrogen-bond acceptors (Lipinski definition) is 3. The number of ether oxygens (including phenoxy) is 1. The number of aliphatic hydroxyl groups is 1. The van der Waals surface area contributed by atoms with Gasteiger partial charge in [-0.3, -0.25) is 0 Å². The Morgan fingerprint density at radius 2 is 1.90 bits per heavy atom. The minimum absolute atomic E-state index is 0.0420. The predicted molar refractivity (Wildman–Crippen MR) is 86.6 cm³/mol. The lowest BCUT2D eigenvalue weighted by molar-refractivity contribution is 0.0944. The summed E-state index contributed by atoms with van der Waals surface area (Å²) in [5.74, 6) is 0. The number of benzene rings is 2. The third-order valence-corrected chi connectivity index (χ3v) is 3.49. The van der Waals surface area contributed by atoms with E-state index in [-0.39, 0.29) is 6.61 Å². The minimum Gasteiger partial charge on any atom is -0.394 e. The van der Waals surface area contributed by atoms with Crippen molar-refractivity contribution in [3.63, 3.8) is 0 Å². The number of anilines is 2. The van der Waals surface area contributed by atoms with E-state index in [9.17, 15) is 0 Å². The number of halogens is 2. The first-order valence-corrected chi connectivity index (χ1v) is 7.36. The zero-order chi connectivity index (χ0) is 15.1. The lowest BCUT2D eigenvalue weighted by Gasteiger charge is -2.11.